The lowest BCUT2D eigenvalue weighted by Crippen LogP contribution is -2.20. The summed E-state index contributed by atoms with van der Waals surface area (Å²) in [5.74, 6) is 0. The van der Waals surface area contributed by atoms with Crippen molar-refractivity contribution in [2.75, 3.05) is 5.43 Å². The van der Waals surface area contributed by atoms with Crippen LogP contribution in [0, 0.1) is 22.7 Å². The van der Waals surface area contributed by atoms with Gasteiger partial charge in [-0.1, -0.05) is 18.2 Å². The van der Waals surface area contributed by atoms with E-state index in [0.717, 1.165) is 0 Å². The first kappa shape index (κ1) is 15.0. The van der Waals surface area contributed by atoms with Crippen molar-refractivity contribution in [2.45, 2.75) is 0 Å². The molecule has 0 aliphatic rings. The SMILES string of the molecule is Cn1c(=O)n(-c2ccccc2)c2cc(NN=C(C#N)C#N)cnc21. The van der Waals surface area contributed by atoms with Crippen LogP contribution >= 0.6 is 0 Å². The molecule has 8 nitrogen and oxygen atoms in total. The summed E-state index contributed by atoms with van der Waals surface area (Å²) in [6, 6.07) is 14.2. The van der Waals surface area contributed by atoms with Crippen molar-refractivity contribution in [3.63, 3.8) is 0 Å². The number of benzene rings is 1. The molecule has 0 aliphatic carbocycles. The van der Waals surface area contributed by atoms with Gasteiger partial charge in [0.1, 0.15) is 12.1 Å². The van der Waals surface area contributed by atoms with Gasteiger partial charge in [0.05, 0.1) is 23.1 Å². The maximum Gasteiger partial charge on any atom is 0.334 e. The van der Waals surface area contributed by atoms with Crippen LogP contribution in [0.5, 0.6) is 0 Å². The van der Waals surface area contributed by atoms with Crippen molar-refractivity contribution >= 4 is 22.6 Å². The van der Waals surface area contributed by atoms with Crippen molar-refractivity contribution in [2.24, 2.45) is 12.1 Å². The van der Waals surface area contributed by atoms with Crippen LogP contribution in [0.4, 0.5) is 5.69 Å². The molecule has 116 valence electrons. The molecular weight excluding hydrogens is 306 g/mol. The number of aromatic nitrogens is 3. The zero-order valence-electron chi connectivity index (χ0n) is 12.6. The zero-order valence-corrected chi connectivity index (χ0v) is 12.6. The number of aryl methyl sites for hydroxylation is 1. The fraction of sp³-hybridized carbons (Fsp3) is 0.0625. The number of fused-ring (bicyclic) bond motifs is 1. The molecule has 0 atom stereocenters. The first-order valence-corrected chi connectivity index (χ1v) is 6.92. The summed E-state index contributed by atoms with van der Waals surface area (Å²) in [6.07, 6.45) is 1.48. The summed E-state index contributed by atoms with van der Waals surface area (Å²) < 4.78 is 2.98. The molecule has 0 spiro atoms. The molecule has 24 heavy (non-hydrogen) atoms. The van der Waals surface area contributed by atoms with E-state index in [1.54, 1.807) is 25.3 Å². The van der Waals surface area contributed by atoms with Crippen molar-refractivity contribution in [3.05, 3.63) is 53.1 Å². The lowest BCUT2D eigenvalue weighted by atomic mass is 10.3. The van der Waals surface area contributed by atoms with Gasteiger partial charge >= 0.3 is 5.69 Å². The van der Waals surface area contributed by atoms with Crippen LogP contribution < -0.4 is 11.1 Å². The number of anilines is 1. The molecule has 0 bridgehead atoms. The summed E-state index contributed by atoms with van der Waals surface area (Å²) in [5.41, 5.74) is 4.35. The predicted molar refractivity (Wildman–Crippen MR) is 88.6 cm³/mol. The number of nitriles is 2. The summed E-state index contributed by atoms with van der Waals surface area (Å²) in [4.78, 5) is 16.8. The molecule has 8 heteroatoms. The van der Waals surface area contributed by atoms with Crippen LogP contribution in [0.3, 0.4) is 0 Å². The lowest BCUT2D eigenvalue weighted by Gasteiger charge is -2.04. The van der Waals surface area contributed by atoms with E-state index in [0.29, 0.717) is 22.5 Å². The molecule has 0 saturated carbocycles. The molecule has 0 saturated heterocycles. The van der Waals surface area contributed by atoms with Gasteiger partial charge in [-0.15, -0.1) is 0 Å². The van der Waals surface area contributed by atoms with Gasteiger partial charge in [-0.25, -0.2) is 9.78 Å². The Bertz CT molecular complexity index is 1060. The number of rotatable bonds is 3. The first-order valence-electron chi connectivity index (χ1n) is 6.92. The van der Waals surface area contributed by atoms with E-state index in [4.69, 9.17) is 10.5 Å². The molecule has 3 aromatic rings. The van der Waals surface area contributed by atoms with Crippen LogP contribution in [0.15, 0.2) is 52.5 Å². The number of hydrazone groups is 1. The van der Waals surface area contributed by atoms with Gasteiger partial charge in [-0.05, 0) is 18.2 Å². The van der Waals surface area contributed by atoms with Crippen molar-refractivity contribution in [1.82, 2.24) is 14.1 Å². The van der Waals surface area contributed by atoms with E-state index >= 15 is 0 Å². The lowest BCUT2D eigenvalue weighted by molar-refractivity contribution is 0.839. The largest absolute Gasteiger partial charge is 0.334 e. The molecule has 0 fully saturated rings. The summed E-state index contributed by atoms with van der Waals surface area (Å²) in [7, 11) is 1.64. The Morgan fingerprint density at radius 2 is 1.96 bits per heavy atom. The average Bonchev–Trinajstić information content (AvgIpc) is 2.87. The van der Waals surface area contributed by atoms with E-state index < -0.39 is 0 Å². The summed E-state index contributed by atoms with van der Waals surface area (Å²) in [5, 5.41) is 21.1. The summed E-state index contributed by atoms with van der Waals surface area (Å²) in [6.45, 7) is 0. The van der Waals surface area contributed by atoms with Gasteiger partial charge in [-0.2, -0.15) is 15.6 Å². The zero-order chi connectivity index (χ0) is 17.1. The maximum atomic E-state index is 12.5. The van der Waals surface area contributed by atoms with E-state index in [1.807, 2.05) is 30.3 Å². The quantitative estimate of drug-likeness (QED) is 0.581. The van der Waals surface area contributed by atoms with Crippen LogP contribution in [-0.2, 0) is 7.05 Å². The van der Waals surface area contributed by atoms with Gasteiger partial charge in [0.15, 0.2) is 5.65 Å². The Morgan fingerprint density at radius 1 is 1.25 bits per heavy atom. The number of nitrogens with zero attached hydrogens (tertiary/aromatic N) is 6. The molecule has 1 N–H and O–H groups in total. The Labute approximate surface area is 136 Å². The van der Waals surface area contributed by atoms with Crippen LogP contribution in [0.1, 0.15) is 0 Å². The molecule has 0 aliphatic heterocycles. The molecule has 2 aromatic heterocycles. The Kier molecular flexibility index (Phi) is 3.79. The second-order valence-corrected chi connectivity index (χ2v) is 4.88. The minimum absolute atomic E-state index is 0.223. The van der Waals surface area contributed by atoms with Gasteiger partial charge < -0.3 is 0 Å². The molecule has 0 unspecified atom stereocenters. The highest BCUT2D eigenvalue weighted by molar-refractivity contribution is 6.10. The van der Waals surface area contributed by atoms with Crippen molar-refractivity contribution in [3.8, 4) is 17.8 Å². The number of para-hydroxylation sites is 1. The minimum Gasteiger partial charge on any atom is -0.279 e. The monoisotopic (exact) mass is 317 g/mol. The number of hydrogen-bond acceptors (Lipinski definition) is 6. The number of nitrogens with one attached hydrogen (secondary N) is 1. The smallest absolute Gasteiger partial charge is 0.279 e. The van der Waals surface area contributed by atoms with Crippen LogP contribution in [0.2, 0.25) is 0 Å². The second-order valence-electron chi connectivity index (χ2n) is 4.88. The Balaban J connectivity index is 2.16. The Morgan fingerprint density at radius 3 is 2.62 bits per heavy atom. The molecule has 3 rings (SSSR count). The number of pyridine rings is 1. The average molecular weight is 317 g/mol. The molecular formula is C16H11N7O. The van der Waals surface area contributed by atoms with Gasteiger partial charge in [0, 0.05) is 7.05 Å². The minimum atomic E-state index is -0.302. The number of imidazole rings is 1. The maximum absolute atomic E-state index is 12.5. The molecule has 0 amide bonds. The molecule has 1 aromatic carbocycles. The van der Waals surface area contributed by atoms with Crippen molar-refractivity contribution < 1.29 is 0 Å². The predicted octanol–water partition coefficient (Wildman–Crippen LogP) is 1.54. The first-order chi connectivity index (χ1) is 11.7. The van der Waals surface area contributed by atoms with E-state index in [1.165, 1.54) is 15.3 Å². The van der Waals surface area contributed by atoms with E-state index in [2.05, 4.69) is 15.5 Å². The van der Waals surface area contributed by atoms with E-state index in [-0.39, 0.29) is 11.4 Å². The standard InChI is InChI=1S/C16H11N7O/c1-22-15-14(23(16(22)24)13-5-3-2-4-6-13)7-11(10-19-15)20-21-12(8-17)9-18/h2-7,10,20H,1H3. The third-order valence-electron chi connectivity index (χ3n) is 3.41. The molecule has 2 heterocycles. The normalized spacial score (nSPS) is 9.96. The van der Waals surface area contributed by atoms with Crippen molar-refractivity contribution in [1.29, 1.82) is 10.5 Å². The fourth-order valence-electron chi connectivity index (χ4n) is 2.30. The third-order valence-corrected chi connectivity index (χ3v) is 3.41. The van der Waals surface area contributed by atoms with Gasteiger partial charge in [0.25, 0.3) is 0 Å². The van der Waals surface area contributed by atoms with Gasteiger partial charge in [0.2, 0.25) is 5.71 Å². The highest BCUT2D eigenvalue weighted by Gasteiger charge is 2.13. The number of hydrogen-bond donors (Lipinski definition) is 1. The summed E-state index contributed by atoms with van der Waals surface area (Å²) >= 11 is 0. The molecule has 0 radical (unpaired) electrons. The van der Waals surface area contributed by atoms with E-state index in [9.17, 15) is 4.79 Å². The highest BCUT2D eigenvalue weighted by atomic mass is 16.1. The van der Waals surface area contributed by atoms with Crippen LogP contribution in [-0.4, -0.2) is 19.8 Å². The second kappa shape index (κ2) is 6.07. The topological polar surface area (TPSA) is 112 Å². The van der Waals surface area contributed by atoms with Crippen LogP contribution in [0.25, 0.3) is 16.9 Å². The fourth-order valence-corrected chi connectivity index (χ4v) is 2.30. The Hall–Kier alpha value is -3.91. The highest BCUT2D eigenvalue weighted by Crippen LogP contribution is 2.19. The van der Waals surface area contributed by atoms with Gasteiger partial charge in [-0.3, -0.25) is 14.6 Å². The third kappa shape index (κ3) is 2.49.